The van der Waals surface area contributed by atoms with Crippen LogP contribution in [0.4, 0.5) is 13.2 Å². The summed E-state index contributed by atoms with van der Waals surface area (Å²) in [7, 11) is 0. The molecule has 0 aromatic heterocycles. The molecule has 26 heavy (non-hydrogen) atoms. The van der Waals surface area contributed by atoms with E-state index >= 15 is 0 Å². The Hall–Kier alpha value is -2.50. The number of carbonyl (C=O) groups excluding carboxylic acids is 1. The van der Waals surface area contributed by atoms with Gasteiger partial charge in [0.05, 0.1) is 6.61 Å². The Morgan fingerprint density at radius 3 is 2.35 bits per heavy atom. The summed E-state index contributed by atoms with van der Waals surface area (Å²) < 4.78 is 46.2. The molecule has 0 radical (unpaired) electrons. The van der Waals surface area contributed by atoms with Gasteiger partial charge in [-0.2, -0.15) is 0 Å². The van der Waals surface area contributed by atoms with Crippen molar-refractivity contribution in [1.29, 1.82) is 0 Å². The minimum absolute atomic E-state index is 0.338. The first-order chi connectivity index (χ1) is 12.5. The summed E-state index contributed by atoms with van der Waals surface area (Å²) in [6.45, 7) is 1.37. The van der Waals surface area contributed by atoms with Gasteiger partial charge in [0.25, 0.3) is 5.91 Å². The highest BCUT2D eigenvalue weighted by Gasteiger charge is 2.27. The van der Waals surface area contributed by atoms with E-state index in [9.17, 15) is 18.0 Å². The standard InChI is InChI=1S/C20H20F3NO2/c21-15-3-1-4-16(13-15)26-12-9-14-7-10-24(11-8-14)20(25)19-17(22)5-2-6-18(19)23/h1-6,13-14H,7-12H2. The molecule has 0 bridgehead atoms. The Morgan fingerprint density at radius 1 is 1.04 bits per heavy atom. The molecule has 0 N–H and O–H groups in total. The van der Waals surface area contributed by atoms with Crippen LogP contribution in [0.2, 0.25) is 0 Å². The number of nitrogens with zero attached hydrogens (tertiary/aromatic N) is 1. The normalized spacial score (nSPS) is 15.1. The van der Waals surface area contributed by atoms with E-state index in [0.29, 0.717) is 31.4 Å². The van der Waals surface area contributed by atoms with Gasteiger partial charge in [0.15, 0.2) is 0 Å². The molecule has 1 saturated heterocycles. The van der Waals surface area contributed by atoms with Crippen LogP contribution in [-0.2, 0) is 0 Å². The van der Waals surface area contributed by atoms with Crippen molar-refractivity contribution in [3.63, 3.8) is 0 Å². The Bertz CT molecular complexity index is 753. The fraction of sp³-hybridized carbons (Fsp3) is 0.350. The number of hydrogen-bond donors (Lipinski definition) is 0. The molecule has 2 aromatic rings. The predicted molar refractivity (Wildman–Crippen MR) is 91.5 cm³/mol. The lowest BCUT2D eigenvalue weighted by Gasteiger charge is -2.32. The zero-order chi connectivity index (χ0) is 18.5. The largest absolute Gasteiger partial charge is 0.493 e. The van der Waals surface area contributed by atoms with Crippen LogP contribution in [0.3, 0.4) is 0 Å². The zero-order valence-electron chi connectivity index (χ0n) is 14.3. The number of rotatable bonds is 5. The van der Waals surface area contributed by atoms with Gasteiger partial charge in [-0.25, -0.2) is 13.2 Å². The van der Waals surface area contributed by atoms with Crippen LogP contribution in [0.5, 0.6) is 5.75 Å². The number of ether oxygens (including phenoxy) is 1. The van der Waals surface area contributed by atoms with E-state index in [4.69, 9.17) is 4.74 Å². The number of benzene rings is 2. The van der Waals surface area contributed by atoms with E-state index in [1.54, 1.807) is 12.1 Å². The van der Waals surface area contributed by atoms with E-state index < -0.39 is 23.1 Å². The molecule has 1 aliphatic heterocycles. The van der Waals surface area contributed by atoms with E-state index in [1.165, 1.54) is 23.1 Å². The average molecular weight is 363 g/mol. The Balaban J connectivity index is 1.47. The molecular formula is C20H20F3NO2. The molecule has 2 aromatic carbocycles. The lowest BCUT2D eigenvalue weighted by molar-refractivity contribution is 0.0670. The number of piperidine rings is 1. The molecule has 138 valence electrons. The third kappa shape index (κ3) is 4.36. The minimum Gasteiger partial charge on any atom is -0.493 e. The Morgan fingerprint density at radius 2 is 1.69 bits per heavy atom. The summed E-state index contributed by atoms with van der Waals surface area (Å²) in [5.74, 6) is -1.75. The van der Waals surface area contributed by atoms with Crippen LogP contribution in [-0.4, -0.2) is 30.5 Å². The van der Waals surface area contributed by atoms with E-state index in [2.05, 4.69) is 0 Å². The third-order valence-electron chi connectivity index (χ3n) is 4.67. The zero-order valence-corrected chi connectivity index (χ0v) is 14.3. The minimum atomic E-state index is -0.833. The first-order valence-electron chi connectivity index (χ1n) is 8.66. The van der Waals surface area contributed by atoms with Crippen molar-refractivity contribution >= 4 is 5.91 Å². The van der Waals surface area contributed by atoms with Crippen LogP contribution in [0.15, 0.2) is 42.5 Å². The van der Waals surface area contributed by atoms with Crippen molar-refractivity contribution in [3.05, 3.63) is 65.5 Å². The molecule has 0 atom stereocenters. The highest BCUT2D eigenvalue weighted by Crippen LogP contribution is 2.24. The molecule has 1 heterocycles. The van der Waals surface area contributed by atoms with Gasteiger partial charge in [0, 0.05) is 19.2 Å². The van der Waals surface area contributed by atoms with Crippen LogP contribution in [0.25, 0.3) is 0 Å². The van der Waals surface area contributed by atoms with E-state index in [0.717, 1.165) is 31.4 Å². The smallest absolute Gasteiger partial charge is 0.259 e. The summed E-state index contributed by atoms with van der Waals surface area (Å²) in [5.41, 5.74) is -0.486. The summed E-state index contributed by atoms with van der Waals surface area (Å²) >= 11 is 0. The third-order valence-corrected chi connectivity index (χ3v) is 4.67. The van der Waals surface area contributed by atoms with Crippen molar-refractivity contribution in [2.45, 2.75) is 19.3 Å². The molecule has 6 heteroatoms. The molecule has 0 aliphatic carbocycles. The molecule has 3 nitrogen and oxygen atoms in total. The topological polar surface area (TPSA) is 29.5 Å². The predicted octanol–water partition coefficient (Wildman–Crippen LogP) is 4.43. The van der Waals surface area contributed by atoms with Crippen LogP contribution in [0.1, 0.15) is 29.6 Å². The lowest BCUT2D eigenvalue weighted by atomic mass is 9.93. The second-order valence-electron chi connectivity index (χ2n) is 6.43. The first kappa shape index (κ1) is 18.3. The highest BCUT2D eigenvalue weighted by atomic mass is 19.1. The second-order valence-corrected chi connectivity index (χ2v) is 6.43. The summed E-state index contributed by atoms with van der Waals surface area (Å²) in [6.07, 6.45) is 2.27. The van der Waals surface area contributed by atoms with Crippen molar-refractivity contribution in [2.24, 2.45) is 5.92 Å². The SMILES string of the molecule is O=C(c1c(F)cccc1F)N1CCC(CCOc2cccc(F)c2)CC1. The van der Waals surface area contributed by atoms with Crippen LogP contribution in [0, 0.1) is 23.4 Å². The van der Waals surface area contributed by atoms with Gasteiger partial charge in [-0.3, -0.25) is 4.79 Å². The van der Waals surface area contributed by atoms with E-state index in [1.807, 2.05) is 0 Å². The molecular weight excluding hydrogens is 343 g/mol. The molecule has 1 amide bonds. The second kappa shape index (κ2) is 8.25. The number of halogens is 3. The monoisotopic (exact) mass is 363 g/mol. The van der Waals surface area contributed by atoms with Crippen LogP contribution >= 0.6 is 0 Å². The maximum atomic E-state index is 13.8. The Labute approximate surface area is 150 Å². The number of amides is 1. The number of hydrogen-bond acceptors (Lipinski definition) is 2. The van der Waals surface area contributed by atoms with Gasteiger partial charge in [0.2, 0.25) is 0 Å². The van der Waals surface area contributed by atoms with Crippen LogP contribution < -0.4 is 4.74 Å². The quantitative estimate of drug-likeness (QED) is 0.787. The first-order valence-corrected chi connectivity index (χ1v) is 8.66. The van der Waals surface area contributed by atoms with Crippen molar-refractivity contribution in [2.75, 3.05) is 19.7 Å². The fourth-order valence-electron chi connectivity index (χ4n) is 3.19. The summed E-state index contributed by atoms with van der Waals surface area (Å²) in [6, 6.07) is 9.41. The lowest BCUT2D eigenvalue weighted by Crippen LogP contribution is -2.39. The molecule has 0 saturated carbocycles. The molecule has 0 unspecified atom stereocenters. The van der Waals surface area contributed by atoms with Crippen molar-refractivity contribution in [3.8, 4) is 5.75 Å². The highest BCUT2D eigenvalue weighted by molar-refractivity contribution is 5.94. The number of carbonyl (C=O) groups is 1. The van der Waals surface area contributed by atoms with Gasteiger partial charge in [-0.15, -0.1) is 0 Å². The van der Waals surface area contributed by atoms with Crippen molar-refractivity contribution in [1.82, 2.24) is 4.90 Å². The van der Waals surface area contributed by atoms with Crippen molar-refractivity contribution < 1.29 is 22.7 Å². The molecule has 1 fully saturated rings. The van der Waals surface area contributed by atoms with Gasteiger partial charge in [-0.1, -0.05) is 12.1 Å². The van der Waals surface area contributed by atoms with Gasteiger partial charge in [-0.05, 0) is 49.4 Å². The van der Waals surface area contributed by atoms with Gasteiger partial charge >= 0.3 is 0 Å². The maximum Gasteiger partial charge on any atom is 0.259 e. The number of likely N-dealkylation sites (tertiary alicyclic amines) is 1. The Kier molecular flexibility index (Phi) is 5.81. The molecule has 3 rings (SSSR count). The average Bonchev–Trinajstić information content (AvgIpc) is 2.62. The molecule has 0 spiro atoms. The fourth-order valence-corrected chi connectivity index (χ4v) is 3.19. The summed E-state index contributed by atoms with van der Waals surface area (Å²) in [4.78, 5) is 13.9. The maximum absolute atomic E-state index is 13.8. The van der Waals surface area contributed by atoms with Gasteiger partial charge in [0.1, 0.15) is 28.8 Å². The van der Waals surface area contributed by atoms with E-state index in [-0.39, 0.29) is 5.82 Å². The van der Waals surface area contributed by atoms with Gasteiger partial charge < -0.3 is 9.64 Å². The summed E-state index contributed by atoms with van der Waals surface area (Å²) in [5, 5.41) is 0. The molecule has 1 aliphatic rings.